The number of anilines is 1. The Labute approximate surface area is 123 Å². The van der Waals surface area contributed by atoms with E-state index in [2.05, 4.69) is 15.0 Å². The molecule has 1 aromatic heterocycles. The summed E-state index contributed by atoms with van der Waals surface area (Å²) in [6.45, 7) is 3.14. The summed E-state index contributed by atoms with van der Waals surface area (Å²) < 4.78 is 10.2. The fourth-order valence-corrected chi connectivity index (χ4v) is 2.29. The van der Waals surface area contributed by atoms with Gasteiger partial charge in [0.15, 0.2) is 5.82 Å². The highest BCUT2D eigenvalue weighted by molar-refractivity contribution is 5.93. The number of carbonyl (C=O) groups is 2. The van der Waals surface area contributed by atoms with E-state index in [9.17, 15) is 9.59 Å². The molecule has 1 aromatic rings. The first kappa shape index (κ1) is 15.5. The van der Waals surface area contributed by atoms with Crippen molar-refractivity contribution in [3.8, 4) is 0 Å². The molecule has 116 valence electrons. The molecule has 0 aromatic carbocycles. The van der Waals surface area contributed by atoms with Gasteiger partial charge in [-0.15, -0.1) is 0 Å². The van der Waals surface area contributed by atoms with Crippen LogP contribution in [0.4, 0.5) is 5.82 Å². The molecule has 1 aliphatic rings. The molecule has 0 saturated carbocycles. The number of nitrogens with one attached hydrogen (secondary N) is 1. The van der Waals surface area contributed by atoms with Gasteiger partial charge in [-0.1, -0.05) is 12.1 Å². The Morgan fingerprint density at radius 2 is 2.38 bits per heavy atom. The normalized spacial score (nSPS) is 17.7. The van der Waals surface area contributed by atoms with E-state index in [-0.39, 0.29) is 24.5 Å². The third-order valence-electron chi connectivity index (χ3n) is 3.30. The lowest BCUT2D eigenvalue weighted by atomic mass is 10.2. The molecule has 2 rings (SSSR count). The summed E-state index contributed by atoms with van der Waals surface area (Å²) in [5.74, 6) is 0.0367. The number of rotatable bonds is 7. The standard InChI is InChI=1S/C14H21N3O4/c1-2-4-14(19)17(9-11-5-3-7-20-11)10-13(18)15-12-6-8-21-16-12/h6,8,11H,2-5,7,9-10H2,1H3,(H,15,16,18). The van der Waals surface area contributed by atoms with Crippen LogP contribution in [-0.4, -0.2) is 47.7 Å². The fraction of sp³-hybridized carbons (Fsp3) is 0.643. The van der Waals surface area contributed by atoms with Gasteiger partial charge in [0.2, 0.25) is 11.8 Å². The van der Waals surface area contributed by atoms with E-state index < -0.39 is 0 Å². The van der Waals surface area contributed by atoms with Crippen molar-refractivity contribution in [1.82, 2.24) is 10.1 Å². The maximum atomic E-state index is 12.1. The Kier molecular flexibility index (Phi) is 5.74. The first-order chi connectivity index (χ1) is 10.2. The molecule has 1 aliphatic heterocycles. The Hall–Kier alpha value is -1.89. The van der Waals surface area contributed by atoms with Crippen LogP contribution >= 0.6 is 0 Å². The van der Waals surface area contributed by atoms with Gasteiger partial charge in [0.1, 0.15) is 6.26 Å². The zero-order valence-electron chi connectivity index (χ0n) is 12.2. The minimum absolute atomic E-state index is 0.00551. The summed E-state index contributed by atoms with van der Waals surface area (Å²) in [5, 5.41) is 6.21. The molecule has 0 radical (unpaired) electrons. The van der Waals surface area contributed by atoms with Gasteiger partial charge in [0, 0.05) is 25.6 Å². The Morgan fingerprint density at radius 1 is 1.52 bits per heavy atom. The lowest BCUT2D eigenvalue weighted by molar-refractivity contribution is -0.136. The van der Waals surface area contributed by atoms with E-state index in [1.165, 1.54) is 6.26 Å². The van der Waals surface area contributed by atoms with Crippen molar-refractivity contribution in [1.29, 1.82) is 0 Å². The zero-order chi connectivity index (χ0) is 15.1. The number of amides is 2. The van der Waals surface area contributed by atoms with Crippen LogP contribution in [0.3, 0.4) is 0 Å². The molecule has 7 nitrogen and oxygen atoms in total. The predicted molar refractivity (Wildman–Crippen MR) is 75.6 cm³/mol. The van der Waals surface area contributed by atoms with Crippen LogP contribution in [0.1, 0.15) is 32.6 Å². The SMILES string of the molecule is CCCC(=O)N(CC(=O)Nc1ccon1)CC1CCCO1. The van der Waals surface area contributed by atoms with E-state index >= 15 is 0 Å². The molecule has 0 bridgehead atoms. The lowest BCUT2D eigenvalue weighted by Gasteiger charge is -2.24. The molecule has 0 aliphatic carbocycles. The average molecular weight is 295 g/mol. The summed E-state index contributed by atoms with van der Waals surface area (Å²) in [7, 11) is 0. The molecule has 21 heavy (non-hydrogen) atoms. The van der Waals surface area contributed by atoms with E-state index in [1.54, 1.807) is 11.0 Å². The van der Waals surface area contributed by atoms with Crippen LogP contribution in [0, 0.1) is 0 Å². The van der Waals surface area contributed by atoms with Crippen LogP contribution in [0.15, 0.2) is 16.9 Å². The molecule has 1 saturated heterocycles. The number of hydrogen-bond donors (Lipinski definition) is 1. The Morgan fingerprint density at radius 3 is 3.00 bits per heavy atom. The van der Waals surface area contributed by atoms with E-state index in [4.69, 9.17) is 4.74 Å². The van der Waals surface area contributed by atoms with Crippen LogP contribution < -0.4 is 5.32 Å². The summed E-state index contributed by atoms with van der Waals surface area (Å²) in [6, 6.07) is 1.55. The summed E-state index contributed by atoms with van der Waals surface area (Å²) in [6.07, 6.45) is 4.54. The minimum Gasteiger partial charge on any atom is -0.376 e. The van der Waals surface area contributed by atoms with Gasteiger partial charge in [-0.25, -0.2) is 0 Å². The van der Waals surface area contributed by atoms with Crippen LogP contribution in [-0.2, 0) is 14.3 Å². The molecular weight excluding hydrogens is 274 g/mol. The predicted octanol–water partition coefficient (Wildman–Crippen LogP) is 1.42. The van der Waals surface area contributed by atoms with E-state index in [0.29, 0.717) is 18.8 Å². The topological polar surface area (TPSA) is 84.7 Å². The summed E-state index contributed by atoms with van der Waals surface area (Å²) in [4.78, 5) is 25.7. The highest BCUT2D eigenvalue weighted by Gasteiger charge is 2.24. The Balaban J connectivity index is 1.90. The second kappa shape index (κ2) is 7.78. The highest BCUT2D eigenvalue weighted by atomic mass is 16.5. The average Bonchev–Trinajstić information content (AvgIpc) is 3.11. The molecule has 1 N–H and O–H groups in total. The number of ether oxygens (including phenoxy) is 1. The minimum atomic E-state index is -0.286. The van der Waals surface area contributed by atoms with Gasteiger partial charge in [-0.2, -0.15) is 0 Å². The molecule has 1 atom stereocenters. The van der Waals surface area contributed by atoms with Crippen molar-refractivity contribution >= 4 is 17.6 Å². The van der Waals surface area contributed by atoms with Crippen LogP contribution in [0.5, 0.6) is 0 Å². The maximum absolute atomic E-state index is 12.1. The quantitative estimate of drug-likeness (QED) is 0.822. The van der Waals surface area contributed by atoms with Gasteiger partial charge >= 0.3 is 0 Å². The van der Waals surface area contributed by atoms with E-state index in [0.717, 1.165) is 25.9 Å². The van der Waals surface area contributed by atoms with Crippen molar-refractivity contribution in [3.05, 3.63) is 12.3 Å². The van der Waals surface area contributed by atoms with Crippen molar-refractivity contribution in [3.63, 3.8) is 0 Å². The highest BCUT2D eigenvalue weighted by Crippen LogP contribution is 2.14. The van der Waals surface area contributed by atoms with Crippen LogP contribution in [0.25, 0.3) is 0 Å². The maximum Gasteiger partial charge on any atom is 0.245 e. The third-order valence-corrected chi connectivity index (χ3v) is 3.30. The summed E-state index contributed by atoms with van der Waals surface area (Å²) >= 11 is 0. The van der Waals surface area contributed by atoms with Crippen molar-refractivity contribution < 1.29 is 18.8 Å². The van der Waals surface area contributed by atoms with Crippen molar-refractivity contribution in [2.24, 2.45) is 0 Å². The smallest absolute Gasteiger partial charge is 0.245 e. The first-order valence-corrected chi connectivity index (χ1v) is 7.28. The van der Waals surface area contributed by atoms with Gasteiger partial charge < -0.3 is 19.5 Å². The third kappa shape index (κ3) is 4.86. The van der Waals surface area contributed by atoms with Gasteiger partial charge in [0.25, 0.3) is 0 Å². The zero-order valence-corrected chi connectivity index (χ0v) is 12.2. The van der Waals surface area contributed by atoms with Gasteiger partial charge in [-0.05, 0) is 19.3 Å². The molecule has 2 amide bonds. The Bertz CT molecular complexity index is 455. The van der Waals surface area contributed by atoms with Crippen LogP contribution in [0.2, 0.25) is 0 Å². The summed E-state index contributed by atoms with van der Waals surface area (Å²) in [5.41, 5.74) is 0. The van der Waals surface area contributed by atoms with E-state index in [1.807, 2.05) is 6.92 Å². The molecule has 7 heteroatoms. The largest absolute Gasteiger partial charge is 0.376 e. The molecule has 1 unspecified atom stereocenters. The molecule has 0 spiro atoms. The first-order valence-electron chi connectivity index (χ1n) is 7.28. The fourth-order valence-electron chi connectivity index (χ4n) is 2.29. The lowest BCUT2D eigenvalue weighted by Crippen LogP contribution is -2.42. The number of hydrogen-bond acceptors (Lipinski definition) is 5. The number of nitrogens with zero attached hydrogens (tertiary/aromatic N) is 2. The number of aromatic nitrogens is 1. The van der Waals surface area contributed by atoms with Crippen molar-refractivity contribution in [2.75, 3.05) is 25.0 Å². The molecular formula is C14H21N3O4. The van der Waals surface area contributed by atoms with Gasteiger partial charge in [-0.3, -0.25) is 9.59 Å². The van der Waals surface area contributed by atoms with Crippen molar-refractivity contribution in [2.45, 2.75) is 38.7 Å². The van der Waals surface area contributed by atoms with Gasteiger partial charge in [0.05, 0.1) is 12.6 Å². The monoisotopic (exact) mass is 295 g/mol. The molecule has 1 fully saturated rings. The number of carbonyl (C=O) groups excluding carboxylic acids is 2. The second-order valence-corrected chi connectivity index (χ2v) is 5.09. The second-order valence-electron chi connectivity index (χ2n) is 5.09. The molecule has 2 heterocycles.